The lowest BCUT2D eigenvalue weighted by atomic mass is 10.1. The summed E-state index contributed by atoms with van der Waals surface area (Å²) < 4.78 is 13.5. The number of benzene rings is 1. The van der Waals surface area contributed by atoms with Gasteiger partial charge in [-0.15, -0.1) is 11.8 Å². The second kappa shape index (κ2) is 6.07. The fourth-order valence-electron chi connectivity index (χ4n) is 2.51. The van der Waals surface area contributed by atoms with Gasteiger partial charge < -0.3 is 5.11 Å². The normalized spacial score (nSPS) is 18.2. The Kier molecular flexibility index (Phi) is 4.68. The van der Waals surface area contributed by atoms with Gasteiger partial charge in [0.15, 0.2) is 0 Å². The Morgan fingerprint density at radius 1 is 1.39 bits per heavy atom. The number of halogens is 1. The van der Waals surface area contributed by atoms with Gasteiger partial charge in [-0.25, -0.2) is 4.39 Å². The molecule has 0 aliphatic heterocycles. The Bertz CT molecular complexity index is 411. The van der Waals surface area contributed by atoms with Gasteiger partial charge >= 0.3 is 0 Å². The molecule has 18 heavy (non-hydrogen) atoms. The predicted molar refractivity (Wildman–Crippen MR) is 74.5 cm³/mol. The molecule has 0 amide bonds. The van der Waals surface area contributed by atoms with E-state index in [1.165, 1.54) is 31.7 Å². The zero-order valence-corrected chi connectivity index (χ0v) is 11.9. The Balaban J connectivity index is 2.12. The summed E-state index contributed by atoms with van der Waals surface area (Å²) in [5, 5.41) is 9.73. The van der Waals surface area contributed by atoms with Crippen LogP contribution in [0.3, 0.4) is 0 Å². The van der Waals surface area contributed by atoms with E-state index in [9.17, 15) is 9.50 Å². The van der Waals surface area contributed by atoms with Crippen molar-refractivity contribution in [3.8, 4) is 0 Å². The van der Waals surface area contributed by atoms with Crippen LogP contribution in [0.2, 0.25) is 0 Å². The summed E-state index contributed by atoms with van der Waals surface area (Å²) in [6, 6.07) is 3.36. The molecule has 0 spiro atoms. The van der Waals surface area contributed by atoms with Crippen LogP contribution in [0.1, 0.15) is 49.8 Å². The first-order valence-electron chi connectivity index (χ1n) is 6.69. The van der Waals surface area contributed by atoms with E-state index < -0.39 is 6.10 Å². The van der Waals surface area contributed by atoms with Crippen molar-refractivity contribution in [3.05, 3.63) is 29.1 Å². The van der Waals surface area contributed by atoms with Crippen molar-refractivity contribution in [1.29, 1.82) is 0 Å². The molecule has 0 aromatic heterocycles. The maximum Gasteiger partial charge on any atom is 0.126 e. The lowest BCUT2D eigenvalue weighted by Gasteiger charge is -2.15. The minimum Gasteiger partial charge on any atom is -0.389 e. The van der Waals surface area contributed by atoms with Crippen molar-refractivity contribution < 1.29 is 9.50 Å². The van der Waals surface area contributed by atoms with Gasteiger partial charge in [0.25, 0.3) is 0 Å². The molecule has 1 fully saturated rings. The van der Waals surface area contributed by atoms with Gasteiger partial charge in [0.05, 0.1) is 6.10 Å². The number of hydrogen-bond donors (Lipinski definition) is 1. The molecule has 1 atom stereocenters. The van der Waals surface area contributed by atoms with Gasteiger partial charge in [-0.3, -0.25) is 0 Å². The summed E-state index contributed by atoms with van der Waals surface area (Å²) in [4.78, 5) is 1.04. The van der Waals surface area contributed by atoms with E-state index in [1.807, 2.05) is 6.07 Å². The highest BCUT2D eigenvalue weighted by Gasteiger charge is 2.17. The van der Waals surface area contributed by atoms with Gasteiger partial charge in [0.1, 0.15) is 5.82 Å². The monoisotopic (exact) mass is 268 g/mol. The van der Waals surface area contributed by atoms with Crippen LogP contribution in [0.15, 0.2) is 17.0 Å². The molecule has 3 heteroatoms. The minimum absolute atomic E-state index is 0.226. The first-order valence-corrected chi connectivity index (χ1v) is 7.67. The molecule has 0 heterocycles. The van der Waals surface area contributed by atoms with Gasteiger partial charge in [-0.1, -0.05) is 12.8 Å². The molecular weight excluding hydrogens is 247 g/mol. The summed E-state index contributed by atoms with van der Waals surface area (Å²) in [5.74, 6) is 1.66. The van der Waals surface area contributed by atoms with Crippen molar-refractivity contribution in [2.45, 2.75) is 50.5 Å². The number of hydrogen-bond acceptors (Lipinski definition) is 2. The van der Waals surface area contributed by atoms with Crippen LogP contribution in [-0.4, -0.2) is 10.9 Å². The van der Waals surface area contributed by atoms with Gasteiger partial charge in [0.2, 0.25) is 0 Å². The third-order valence-corrected chi connectivity index (χ3v) is 4.99. The van der Waals surface area contributed by atoms with Gasteiger partial charge in [-0.05, 0) is 55.9 Å². The average Bonchev–Trinajstić information content (AvgIpc) is 2.83. The van der Waals surface area contributed by atoms with Crippen LogP contribution in [0.5, 0.6) is 0 Å². The van der Waals surface area contributed by atoms with E-state index in [2.05, 4.69) is 0 Å². The highest BCUT2D eigenvalue weighted by Crippen LogP contribution is 2.35. The molecular formula is C15H21FOS. The number of thioether (sulfide) groups is 1. The van der Waals surface area contributed by atoms with Crippen molar-refractivity contribution in [2.24, 2.45) is 5.92 Å². The lowest BCUT2D eigenvalue weighted by molar-refractivity contribution is 0.196. The van der Waals surface area contributed by atoms with Crippen molar-refractivity contribution in [1.82, 2.24) is 0 Å². The first-order chi connectivity index (χ1) is 8.58. The first kappa shape index (κ1) is 13.9. The van der Waals surface area contributed by atoms with Crippen molar-refractivity contribution in [2.75, 3.05) is 5.75 Å². The average molecular weight is 268 g/mol. The van der Waals surface area contributed by atoms with Crippen LogP contribution in [0, 0.1) is 18.7 Å². The number of aliphatic hydroxyl groups excluding tert-OH is 1. The van der Waals surface area contributed by atoms with E-state index in [-0.39, 0.29) is 5.82 Å². The maximum atomic E-state index is 13.5. The smallest absolute Gasteiger partial charge is 0.126 e. The number of aliphatic hydroxyl groups is 1. The molecule has 0 bridgehead atoms. The van der Waals surface area contributed by atoms with Crippen LogP contribution in [-0.2, 0) is 0 Å². The van der Waals surface area contributed by atoms with E-state index >= 15 is 0 Å². The molecule has 1 saturated carbocycles. The Morgan fingerprint density at radius 3 is 2.67 bits per heavy atom. The molecule has 100 valence electrons. The lowest BCUT2D eigenvalue weighted by Crippen LogP contribution is -2.01. The Labute approximate surface area is 113 Å². The second-order valence-electron chi connectivity index (χ2n) is 5.28. The second-order valence-corrected chi connectivity index (χ2v) is 6.34. The van der Waals surface area contributed by atoms with E-state index in [1.54, 1.807) is 25.6 Å². The standard InChI is InChI=1S/C15H21FOS/c1-10-7-15(13(11(2)17)8-14(10)16)18-9-12-5-3-4-6-12/h7-8,11-12,17H,3-6,9H2,1-2H3. The fraction of sp³-hybridized carbons (Fsp3) is 0.600. The van der Waals surface area contributed by atoms with E-state index in [4.69, 9.17) is 0 Å². The van der Waals surface area contributed by atoms with E-state index in [0.29, 0.717) is 5.56 Å². The summed E-state index contributed by atoms with van der Waals surface area (Å²) in [7, 11) is 0. The molecule has 1 unspecified atom stereocenters. The Hall–Kier alpha value is -0.540. The maximum absolute atomic E-state index is 13.5. The molecule has 0 radical (unpaired) electrons. The molecule has 1 nitrogen and oxygen atoms in total. The highest BCUT2D eigenvalue weighted by molar-refractivity contribution is 7.99. The summed E-state index contributed by atoms with van der Waals surface area (Å²) in [6.45, 7) is 3.48. The molecule has 0 saturated heterocycles. The summed E-state index contributed by atoms with van der Waals surface area (Å²) in [6.07, 6.45) is 4.72. The topological polar surface area (TPSA) is 20.2 Å². The van der Waals surface area contributed by atoms with Crippen LogP contribution in [0.4, 0.5) is 4.39 Å². The zero-order valence-electron chi connectivity index (χ0n) is 11.1. The number of aryl methyl sites for hydroxylation is 1. The van der Waals surface area contributed by atoms with E-state index in [0.717, 1.165) is 22.1 Å². The van der Waals surface area contributed by atoms with Gasteiger partial charge in [0, 0.05) is 10.6 Å². The minimum atomic E-state index is -0.605. The molecule has 1 aliphatic rings. The van der Waals surface area contributed by atoms with Gasteiger partial charge in [-0.2, -0.15) is 0 Å². The molecule has 1 aliphatic carbocycles. The Morgan fingerprint density at radius 2 is 2.06 bits per heavy atom. The van der Waals surface area contributed by atoms with Crippen molar-refractivity contribution in [3.63, 3.8) is 0 Å². The third-order valence-electron chi connectivity index (χ3n) is 3.69. The van der Waals surface area contributed by atoms with Crippen LogP contribution >= 0.6 is 11.8 Å². The SMILES string of the molecule is Cc1cc(SCC2CCCC2)c(C(C)O)cc1F. The zero-order chi connectivity index (χ0) is 13.1. The van der Waals surface area contributed by atoms with Crippen LogP contribution in [0.25, 0.3) is 0 Å². The quantitative estimate of drug-likeness (QED) is 0.813. The third kappa shape index (κ3) is 3.27. The highest BCUT2D eigenvalue weighted by atomic mass is 32.2. The number of rotatable bonds is 4. The molecule has 1 aromatic carbocycles. The largest absolute Gasteiger partial charge is 0.389 e. The van der Waals surface area contributed by atoms with Crippen LogP contribution < -0.4 is 0 Å². The molecule has 1 N–H and O–H groups in total. The fourth-order valence-corrected chi connectivity index (χ4v) is 3.91. The predicted octanol–water partition coefficient (Wildman–Crippen LogP) is 4.47. The summed E-state index contributed by atoms with van der Waals surface area (Å²) >= 11 is 1.77. The molecule has 1 aromatic rings. The summed E-state index contributed by atoms with van der Waals surface area (Å²) in [5.41, 5.74) is 1.38. The molecule has 2 rings (SSSR count). The van der Waals surface area contributed by atoms with Crippen molar-refractivity contribution >= 4 is 11.8 Å².